The van der Waals surface area contributed by atoms with Crippen molar-refractivity contribution < 1.29 is 9.59 Å². The molecule has 0 saturated carbocycles. The van der Waals surface area contributed by atoms with Crippen molar-refractivity contribution in [1.82, 2.24) is 9.80 Å². The minimum absolute atomic E-state index is 0.0238. The fourth-order valence-electron chi connectivity index (χ4n) is 4.52. The van der Waals surface area contributed by atoms with Gasteiger partial charge >= 0.3 is 0 Å². The SMILES string of the molecule is O=C(CC(c1cccs1)N1Cc2ccccc2C1=O)N1CCN(c2ccccc2)CC1. The van der Waals surface area contributed by atoms with Gasteiger partial charge in [-0.15, -0.1) is 11.3 Å². The van der Waals surface area contributed by atoms with Crippen molar-refractivity contribution in [2.24, 2.45) is 0 Å². The molecule has 0 bridgehead atoms. The van der Waals surface area contributed by atoms with E-state index in [0.717, 1.165) is 29.1 Å². The molecule has 0 spiro atoms. The Bertz CT molecular complexity index is 1060. The molecule has 0 aliphatic carbocycles. The molecule has 3 heterocycles. The fraction of sp³-hybridized carbons (Fsp3) is 0.280. The van der Waals surface area contributed by atoms with Crippen LogP contribution in [0.5, 0.6) is 0 Å². The van der Waals surface area contributed by atoms with Crippen molar-refractivity contribution in [2.45, 2.75) is 19.0 Å². The average Bonchev–Trinajstić information content (AvgIpc) is 3.47. The van der Waals surface area contributed by atoms with Crippen LogP contribution < -0.4 is 4.90 Å². The molecule has 5 rings (SSSR count). The third-order valence-corrected chi connectivity index (χ3v) is 7.19. The second kappa shape index (κ2) is 8.55. The Kier molecular flexibility index (Phi) is 5.47. The summed E-state index contributed by atoms with van der Waals surface area (Å²) in [5, 5.41) is 2.01. The molecule has 0 radical (unpaired) electrons. The van der Waals surface area contributed by atoms with Gasteiger partial charge in [-0.25, -0.2) is 0 Å². The van der Waals surface area contributed by atoms with Crippen molar-refractivity contribution in [3.05, 3.63) is 88.1 Å². The second-order valence-corrected chi connectivity index (χ2v) is 9.01. The lowest BCUT2D eigenvalue weighted by molar-refractivity contribution is -0.132. The number of hydrogen-bond acceptors (Lipinski definition) is 4. The van der Waals surface area contributed by atoms with E-state index in [0.29, 0.717) is 26.1 Å². The molecule has 6 heteroatoms. The van der Waals surface area contributed by atoms with Crippen LogP contribution in [0, 0.1) is 0 Å². The quantitative estimate of drug-likeness (QED) is 0.609. The minimum atomic E-state index is -0.223. The topological polar surface area (TPSA) is 43.9 Å². The van der Waals surface area contributed by atoms with Gasteiger partial charge in [-0.2, -0.15) is 0 Å². The first kappa shape index (κ1) is 19.8. The van der Waals surface area contributed by atoms with E-state index < -0.39 is 0 Å². The van der Waals surface area contributed by atoms with Crippen molar-refractivity contribution in [2.75, 3.05) is 31.1 Å². The molecule has 2 amide bonds. The van der Waals surface area contributed by atoms with Gasteiger partial charge in [0.2, 0.25) is 5.91 Å². The van der Waals surface area contributed by atoms with Crippen LogP contribution in [0.2, 0.25) is 0 Å². The zero-order valence-corrected chi connectivity index (χ0v) is 18.1. The Morgan fingerprint density at radius 3 is 2.35 bits per heavy atom. The zero-order valence-electron chi connectivity index (χ0n) is 17.3. The van der Waals surface area contributed by atoms with E-state index in [1.807, 2.05) is 69.8 Å². The highest BCUT2D eigenvalue weighted by atomic mass is 32.1. The van der Waals surface area contributed by atoms with Crippen molar-refractivity contribution in [3.63, 3.8) is 0 Å². The molecule has 3 aromatic rings. The highest BCUT2D eigenvalue weighted by Crippen LogP contribution is 2.35. The van der Waals surface area contributed by atoms with Crippen molar-refractivity contribution in [1.29, 1.82) is 0 Å². The lowest BCUT2D eigenvalue weighted by Gasteiger charge is -2.37. The first-order valence-electron chi connectivity index (χ1n) is 10.7. The molecule has 1 aromatic heterocycles. The van der Waals surface area contributed by atoms with E-state index in [9.17, 15) is 9.59 Å². The molecule has 158 valence electrons. The smallest absolute Gasteiger partial charge is 0.255 e. The molecule has 31 heavy (non-hydrogen) atoms. The van der Waals surface area contributed by atoms with E-state index in [4.69, 9.17) is 0 Å². The Hall–Kier alpha value is -3.12. The largest absolute Gasteiger partial charge is 0.368 e. The van der Waals surface area contributed by atoms with E-state index in [-0.39, 0.29) is 17.9 Å². The van der Waals surface area contributed by atoms with Gasteiger partial charge < -0.3 is 14.7 Å². The fourth-order valence-corrected chi connectivity index (χ4v) is 5.36. The van der Waals surface area contributed by atoms with Crippen molar-refractivity contribution >= 4 is 28.8 Å². The molecule has 1 saturated heterocycles. The summed E-state index contributed by atoms with van der Waals surface area (Å²) in [5.41, 5.74) is 3.00. The van der Waals surface area contributed by atoms with Gasteiger partial charge in [0.25, 0.3) is 5.91 Å². The normalized spacial score (nSPS) is 17.0. The maximum absolute atomic E-state index is 13.3. The number of thiophene rings is 1. The van der Waals surface area contributed by atoms with Gasteiger partial charge in [-0.3, -0.25) is 9.59 Å². The van der Waals surface area contributed by atoms with Crippen LogP contribution in [0.3, 0.4) is 0 Å². The highest BCUT2D eigenvalue weighted by Gasteiger charge is 2.36. The number of piperazine rings is 1. The van der Waals surface area contributed by atoms with E-state index in [1.165, 1.54) is 5.69 Å². The third-order valence-electron chi connectivity index (χ3n) is 6.22. The van der Waals surface area contributed by atoms with Gasteiger partial charge in [0.15, 0.2) is 0 Å². The van der Waals surface area contributed by atoms with Crippen LogP contribution in [0.15, 0.2) is 72.1 Å². The van der Waals surface area contributed by atoms with Crippen LogP contribution in [0.25, 0.3) is 0 Å². The molecule has 5 nitrogen and oxygen atoms in total. The van der Waals surface area contributed by atoms with Crippen LogP contribution in [-0.4, -0.2) is 47.8 Å². The number of benzene rings is 2. The van der Waals surface area contributed by atoms with Crippen molar-refractivity contribution in [3.8, 4) is 0 Å². The predicted molar refractivity (Wildman–Crippen MR) is 123 cm³/mol. The number of nitrogens with zero attached hydrogens (tertiary/aromatic N) is 3. The molecule has 1 atom stereocenters. The maximum Gasteiger partial charge on any atom is 0.255 e. The van der Waals surface area contributed by atoms with Gasteiger partial charge in [0, 0.05) is 48.9 Å². The van der Waals surface area contributed by atoms with E-state index in [2.05, 4.69) is 17.0 Å². The molecular formula is C25H25N3O2S. The molecule has 2 aliphatic rings. The average molecular weight is 432 g/mol. The van der Waals surface area contributed by atoms with Gasteiger partial charge in [0.1, 0.15) is 0 Å². The monoisotopic (exact) mass is 431 g/mol. The number of fused-ring (bicyclic) bond motifs is 1. The standard InChI is InChI=1S/C25H25N3O2S/c29-24(27-14-12-26(13-15-27)20-8-2-1-3-9-20)17-22(23-11-6-16-31-23)28-18-19-7-4-5-10-21(19)25(28)30/h1-11,16,22H,12-15,17-18H2. The highest BCUT2D eigenvalue weighted by molar-refractivity contribution is 7.10. The lowest BCUT2D eigenvalue weighted by Crippen LogP contribution is -2.49. The summed E-state index contributed by atoms with van der Waals surface area (Å²) < 4.78 is 0. The number of hydrogen-bond donors (Lipinski definition) is 0. The number of rotatable bonds is 5. The summed E-state index contributed by atoms with van der Waals surface area (Å²) in [6.07, 6.45) is 0.325. The molecule has 1 fully saturated rings. The van der Waals surface area contributed by atoms with Gasteiger partial charge in [-0.05, 0) is 35.2 Å². The summed E-state index contributed by atoms with van der Waals surface area (Å²) in [5.74, 6) is 0.144. The van der Waals surface area contributed by atoms with Gasteiger partial charge in [0.05, 0.1) is 12.5 Å². The molecule has 0 N–H and O–H groups in total. The lowest BCUT2D eigenvalue weighted by atomic mass is 10.1. The predicted octanol–water partition coefficient (Wildman–Crippen LogP) is 4.18. The maximum atomic E-state index is 13.3. The summed E-state index contributed by atoms with van der Waals surface area (Å²) in [6, 6.07) is 21.9. The summed E-state index contributed by atoms with van der Waals surface area (Å²) in [4.78, 5) is 33.6. The van der Waals surface area contributed by atoms with Crippen LogP contribution in [0.4, 0.5) is 5.69 Å². The number of anilines is 1. The first-order chi connectivity index (χ1) is 15.2. The van der Waals surface area contributed by atoms with E-state index in [1.54, 1.807) is 11.3 Å². The Morgan fingerprint density at radius 1 is 0.903 bits per heavy atom. The van der Waals surface area contributed by atoms with Crippen LogP contribution in [-0.2, 0) is 11.3 Å². The summed E-state index contributed by atoms with van der Waals surface area (Å²) >= 11 is 1.61. The second-order valence-electron chi connectivity index (χ2n) is 8.03. The number of carbonyl (C=O) groups is 2. The number of carbonyl (C=O) groups excluding carboxylic acids is 2. The first-order valence-corrected chi connectivity index (χ1v) is 11.6. The number of amides is 2. The molecule has 1 unspecified atom stereocenters. The molecule has 2 aromatic carbocycles. The number of para-hydroxylation sites is 1. The summed E-state index contributed by atoms with van der Waals surface area (Å²) in [6.45, 7) is 3.63. The molecule has 2 aliphatic heterocycles. The van der Waals surface area contributed by atoms with Crippen LogP contribution in [0.1, 0.15) is 33.3 Å². The Balaban J connectivity index is 1.29. The van der Waals surface area contributed by atoms with Gasteiger partial charge in [-0.1, -0.05) is 42.5 Å². The Morgan fingerprint density at radius 2 is 1.65 bits per heavy atom. The minimum Gasteiger partial charge on any atom is -0.368 e. The Labute approximate surface area is 186 Å². The van der Waals surface area contributed by atoms with Crippen LogP contribution >= 0.6 is 11.3 Å². The van der Waals surface area contributed by atoms with E-state index >= 15 is 0 Å². The zero-order chi connectivity index (χ0) is 21.2. The summed E-state index contributed by atoms with van der Waals surface area (Å²) in [7, 11) is 0. The third kappa shape index (κ3) is 3.95. The molecular weight excluding hydrogens is 406 g/mol.